The highest BCUT2D eigenvalue weighted by atomic mass is 32.1. The molecular formula is C19H21N5OS. The zero-order valence-electron chi connectivity index (χ0n) is 14.8. The second kappa shape index (κ2) is 6.48. The van der Waals surface area contributed by atoms with Gasteiger partial charge in [0.1, 0.15) is 0 Å². The van der Waals surface area contributed by atoms with Crippen molar-refractivity contribution in [2.24, 2.45) is 0 Å². The monoisotopic (exact) mass is 367 g/mol. The third-order valence-electron chi connectivity index (χ3n) is 5.06. The van der Waals surface area contributed by atoms with Crippen LogP contribution < -0.4 is 4.90 Å². The molecule has 7 heteroatoms. The third-order valence-corrected chi connectivity index (χ3v) is 6.32. The molecule has 1 fully saturated rings. The number of ether oxygens (including phenoxy) is 1. The third kappa shape index (κ3) is 2.62. The average molecular weight is 367 g/mol. The number of nitrogens with zero attached hydrogens (tertiary/aromatic N) is 4. The highest BCUT2D eigenvalue weighted by Crippen LogP contribution is 2.36. The number of aromatic amines is 1. The topological polar surface area (TPSA) is 66.9 Å². The lowest BCUT2D eigenvalue weighted by atomic mass is 9.96. The van der Waals surface area contributed by atoms with Crippen LogP contribution in [-0.4, -0.2) is 46.5 Å². The molecule has 0 atom stereocenters. The number of thiophene rings is 1. The first kappa shape index (κ1) is 16.0. The molecule has 0 aromatic carbocycles. The number of nitrogens with one attached hydrogen (secondary N) is 1. The Morgan fingerprint density at radius 2 is 2.15 bits per heavy atom. The van der Waals surface area contributed by atoms with E-state index in [0.717, 1.165) is 73.9 Å². The summed E-state index contributed by atoms with van der Waals surface area (Å²) in [5, 5.41) is 7.34. The molecule has 0 unspecified atom stereocenters. The fraction of sp³-hybridized carbons (Fsp3) is 0.421. The van der Waals surface area contributed by atoms with Gasteiger partial charge in [-0.3, -0.25) is 5.10 Å². The van der Waals surface area contributed by atoms with Crippen molar-refractivity contribution < 1.29 is 4.74 Å². The summed E-state index contributed by atoms with van der Waals surface area (Å²) >= 11 is 1.81. The molecule has 0 spiro atoms. The molecule has 0 bridgehead atoms. The van der Waals surface area contributed by atoms with Crippen molar-refractivity contribution in [3.63, 3.8) is 0 Å². The molecule has 2 aliphatic rings. The largest absolute Gasteiger partial charge is 0.378 e. The van der Waals surface area contributed by atoms with Crippen molar-refractivity contribution in [1.29, 1.82) is 0 Å². The minimum atomic E-state index is 0.751. The second-order valence-electron chi connectivity index (χ2n) is 6.67. The molecule has 4 heterocycles. The molecule has 3 aromatic heterocycles. The van der Waals surface area contributed by atoms with Gasteiger partial charge >= 0.3 is 0 Å². The van der Waals surface area contributed by atoms with E-state index in [1.54, 1.807) is 0 Å². The van der Waals surface area contributed by atoms with Gasteiger partial charge in [0.15, 0.2) is 11.6 Å². The number of allylic oxidation sites excluding steroid dienone is 1. The molecule has 26 heavy (non-hydrogen) atoms. The van der Waals surface area contributed by atoms with Gasteiger partial charge in [-0.15, -0.1) is 11.3 Å². The Bertz CT molecular complexity index is 983. The number of fused-ring (bicyclic) bond motifs is 2. The van der Waals surface area contributed by atoms with Crippen molar-refractivity contribution in [3.8, 4) is 0 Å². The quantitative estimate of drug-likeness (QED) is 0.770. The fourth-order valence-corrected chi connectivity index (χ4v) is 4.72. The number of aryl methyl sites for hydroxylation is 2. The molecule has 6 nitrogen and oxygen atoms in total. The number of H-pyrrole nitrogens is 1. The molecule has 3 aromatic rings. The second-order valence-corrected chi connectivity index (χ2v) is 7.81. The zero-order valence-corrected chi connectivity index (χ0v) is 15.6. The fourth-order valence-electron chi connectivity index (χ4n) is 3.67. The highest BCUT2D eigenvalue weighted by Gasteiger charge is 2.23. The van der Waals surface area contributed by atoms with Gasteiger partial charge in [-0.1, -0.05) is 13.0 Å². The number of hydrogen-bond donors (Lipinski definition) is 1. The average Bonchev–Trinajstić information content (AvgIpc) is 3.34. The molecule has 0 radical (unpaired) electrons. The first-order chi connectivity index (χ1) is 12.8. The molecule has 5 rings (SSSR count). The van der Waals surface area contributed by atoms with Crippen molar-refractivity contribution in [1.82, 2.24) is 20.2 Å². The molecule has 0 amide bonds. The number of hydrogen-bond acceptors (Lipinski definition) is 6. The summed E-state index contributed by atoms with van der Waals surface area (Å²) in [4.78, 5) is 13.7. The normalized spacial score (nSPS) is 17.4. The Hall–Kier alpha value is -2.25. The van der Waals surface area contributed by atoms with Crippen LogP contribution in [0.1, 0.15) is 35.3 Å². The van der Waals surface area contributed by atoms with Crippen LogP contribution in [0.2, 0.25) is 0 Å². The summed E-state index contributed by atoms with van der Waals surface area (Å²) in [5.41, 5.74) is 4.46. The predicted molar refractivity (Wildman–Crippen MR) is 104 cm³/mol. The number of anilines is 1. The van der Waals surface area contributed by atoms with Gasteiger partial charge in [0.25, 0.3) is 0 Å². The van der Waals surface area contributed by atoms with Crippen LogP contribution in [0.4, 0.5) is 5.82 Å². The van der Waals surface area contributed by atoms with E-state index in [1.807, 2.05) is 17.5 Å². The van der Waals surface area contributed by atoms with Gasteiger partial charge in [0, 0.05) is 34.8 Å². The van der Waals surface area contributed by atoms with Crippen LogP contribution in [0.25, 0.3) is 15.8 Å². The van der Waals surface area contributed by atoms with Crippen LogP contribution in [0.3, 0.4) is 0 Å². The van der Waals surface area contributed by atoms with Gasteiger partial charge < -0.3 is 9.64 Å². The van der Waals surface area contributed by atoms with Crippen molar-refractivity contribution in [2.75, 3.05) is 31.2 Å². The lowest BCUT2D eigenvalue weighted by Crippen LogP contribution is -2.37. The molecule has 1 aliphatic carbocycles. The van der Waals surface area contributed by atoms with E-state index in [1.165, 1.54) is 15.3 Å². The van der Waals surface area contributed by atoms with E-state index in [-0.39, 0.29) is 0 Å². The smallest absolute Gasteiger partial charge is 0.162 e. The van der Waals surface area contributed by atoms with E-state index >= 15 is 0 Å². The Labute approximate surface area is 155 Å². The molecule has 1 aliphatic heterocycles. The Morgan fingerprint density at radius 1 is 1.27 bits per heavy atom. The Kier molecular flexibility index (Phi) is 3.98. The molecule has 0 saturated carbocycles. The van der Waals surface area contributed by atoms with Crippen LogP contribution >= 0.6 is 11.3 Å². The maximum atomic E-state index is 5.54. The standard InChI is InChI=1S/C19H21N5OS/c1-2-12-10-16-17(26-12)19(24-6-8-25-9-7-24)22-18(21-16)13-4-3-5-15-14(13)11-20-23-15/h4,10-11H,2-3,5-9H2,1H3,(H,20,23). The summed E-state index contributed by atoms with van der Waals surface area (Å²) in [5.74, 6) is 1.86. The Balaban J connectivity index is 1.68. The summed E-state index contributed by atoms with van der Waals surface area (Å²) < 4.78 is 6.73. The van der Waals surface area contributed by atoms with Gasteiger partial charge in [-0.2, -0.15) is 5.10 Å². The first-order valence-electron chi connectivity index (χ1n) is 9.20. The minimum Gasteiger partial charge on any atom is -0.378 e. The predicted octanol–water partition coefficient (Wildman–Crippen LogP) is 3.19. The number of aromatic nitrogens is 4. The summed E-state index contributed by atoms with van der Waals surface area (Å²) in [6.07, 6.45) is 7.15. The first-order valence-corrected chi connectivity index (χ1v) is 10.0. The minimum absolute atomic E-state index is 0.751. The summed E-state index contributed by atoms with van der Waals surface area (Å²) in [6.45, 7) is 5.44. The molecule has 134 valence electrons. The molecule has 1 saturated heterocycles. The SMILES string of the molecule is CCc1cc2nc(C3=CCCc4[nH]ncc43)nc(N3CCOCC3)c2s1. The van der Waals surface area contributed by atoms with E-state index in [2.05, 4.69) is 34.2 Å². The zero-order chi connectivity index (χ0) is 17.5. The maximum Gasteiger partial charge on any atom is 0.162 e. The van der Waals surface area contributed by atoms with E-state index < -0.39 is 0 Å². The van der Waals surface area contributed by atoms with Gasteiger partial charge in [0.05, 0.1) is 29.6 Å². The van der Waals surface area contributed by atoms with Crippen LogP contribution in [0.5, 0.6) is 0 Å². The summed E-state index contributed by atoms with van der Waals surface area (Å²) in [7, 11) is 0. The van der Waals surface area contributed by atoms with Gasteiger partial charge in [-0.05, 0) is 25.3 Å². The van der Waals surface area contributed by atoms with E-state index in [4.69, 9.17) is 14.7 Å². The van der Waals surface area contributed by atoms with Crippen LogP contribution in [0.15, 0.2) is 18.3 Å². The van der Waals surface area contributed by atoms with E-state index in [0.29, 0.717) is 0 Å². The van der Waals surface area contributed by atoms with Gasteiger partial charge in [-0.25, -0.2) is 9.97 Å². The van der Waals surface area contributed by atoms with Crippen molar-refractivity contribution in [3.05, 3.63) is 40.3 Å². The number of morpholine rings is 1. The van der Waals surface area contributed by atoms with Crippen LogP contribution in [-0.2, 0) is 17.6 Å². The van der Waals surface area contributed by atoms with Gasteiger partial charge in [0.2, 0.25) is 0 Å². The van der Waals surface area contributed by atoms with Crippen molar-refractivity contribution in [2.45, 2.75) is 26.2 Å². The van der Waals surface area contributed by atoms with E-state index in [9.17, 15) is 0 Å². The van der Waals surface area contributed by atoms with Crippen LogP contribution in [0, 0.1) is 0 Å². The number of rotatable bonds is 3. The summed E-state index contributed by atoms with van der Waals surface area (Å²) in [6, 6.07) is 2.22. The Morgan fingerprint density at radius 3 is 3.00 bits per heavy atom. The lowest BCUT2D eigenvalue weighted by Gasteiger charge is -2.28. The lowest BCUT2D eigenvalue weighted by molar-refractivity contribution is 0.122. The highest BCUT2D eigenvalue weighted by molar-refractivity contribution is 7.19. The molecular weight excluding hydrogens is 346 g/mol. The molecule has 1 N–H and O–H groups in total. The van der Waals surface area contributed by atoms with Crippen molar-refractivity contribution >= 4 is 32.9 Å². The maximum absolute atomic E-state index is 5.54.